The molecule has 4 nitrogen and oxygen atoms in total. The maximum absolute atomic E-state index is 11.6. The Morgan fingerprint density at radius 2 is 1.89 bits per heavy atom. The monoisotopic (exact) mass is 255 g/mol. The summed E-state index contributed by atoms with van der Waals surface area (Å²) in [6, 6.07) is 14.1. The molecule has 0 radical (unpaired) electrons. The Bertz CT molecular complexity index is 629. The maximum atomic E-state index is 11.6. The first-order valence-electron chi connectivity index (χ1n) is 5.84. The highest BCUT2D eigenvalue weighted by atomic mass is 16.5. The van der Waals surface area contributed by atoms with E-state index in [2.05, 4.69) is 4.98 Å². The summed E-state index contributed by atoms with van der Waals surface area (Å²) < 4.78 is 5.01. The van der Waals surface area contributed by atoms with E-state index in [0.29, 0.717) is 0 Å². The number of ether oxygens (including phenoxy) is 1. The van der Waals surface area contributed by atoms with Crippen LogP contribution in [-0.4, -0.2) is 17.6 Å². The SMILES string of the molecule is O=C(OC/C=C/c1ccccc1)c1cccc(=O)[nH]1. The molecule has 0 aliphatic carbocycles. The number of rotatable bonds is 4. The zero-order valence-electron chi connectivity index (χ0n) is 10.2. The molecule has 1 aromatic carbocycles. The standard InChI is InChI=1S/C15H13NO3/c17-14-10-4-9-13(16-14)15(18)19-11-5-8-12-6-2-1-3-7-12/h1-10H,11H2,(H,16,17)/b8-5+. The Kier molecular flexibility index (Phi) is 4.29. The molecule has 1 heterocycles. The molecule has 4 heteroatoms. The molecular formula is C15H13NO3. The third kappa shape index (κ3) is 3.96. The number of carbonyl (C=O) groups is 1. The predicted octanol–water partition coefficient (Wildman–Crippen LogP) is 2.25. The van der Waals surface area contributed by atoms with Crippen LogP contribution in [0.1, 0.15) is 16.1 Å². The topological polar surface area (TPSA) is 59.2 Å². The molecule has 96 valence electrons. The van der Waals surface area contributed by atoms with Crippen molar-refractivity contribution >= 4 is 12.0 Å². The van der Waals surface area contributed by atoms with Crippen molar-refractivity contribution in [1.82, 2.24) is 4.98 Å². The number of pyridine rings is 1. The van der Waals surface area contributed by atoms with Crippen LogP contribution in [0.15, 0.2) is 59.4 Å². The van der Waals surface area contributed by atoms with Crippen LogP contribution in [0.25, 0.3) is 6.08 Å². The number of carbonyl (C=O) groups excluding carboxylic acids is 1. The summed E-state index contributed by atoms with van der Waals surface area (Å²) in [7, 11) is 0. The summed E-state index contributed by atoms with van der Waals surface area (Å²) in [5.41, 5.74) is 0.863. The average Bonchev–Trinajstić information content (AvgIpc) is 2.44. The van der Waals surface area contributed by atoms with Gasteiger partial charge in [0, 0.05) is 6.07 Å². The van der Waals surface area contributed by atoms with Crippen molar-refractivity contribution < 1.29 is 9.53 Å². The fourth-order valence-electron chi connectivity index (χ4n) is 1.52. The highest BCUT2D eigenvalue weighted by molar-refractivity contribution is 5.87. The van der Waals surface area contributed by atoms with Crippen molar-refractivity contribution in [1.29, 1.82) is 0 Å². The van der Waals surface area contributed by atoms with Gasteiger partial charge in [-0.05, 0) is 17.7 Å². The fourth-order valence-corrected chi connectivity index (χ4v) is 1.52. The van der Waals surface area contributed by atoms with Gasteiger partial charge in [0.05, 0.1) is 0 Å². The molecule has 0 saturated carbocycles. The second kappa shape index (κ2) is 6.35. The molecule has 0 atom stereocenters. The van der Waals surface area contributed by atoms with Gasteiger partial charge in [-0.25, -0.2) is 4.79 Å². The number of esters is 1. The van der Waals surface area contributed by atoms with E-state index in [0.717, 1.165) is 5.56 Å². The van der Waals surface area contributed by atoms with E-state index in [9.17, 15) is 9.59 Å². The molecule has 2 rings (SSSR count). The van der Waals surface area contributed by atoms with Gasteiger partial charge < -0.3 is 9.72 Å². The second-order valence-electron chi connectivity index (χ2n) is 3.84. The number of H-pyrrole nitrogens is 1. The van der Waals surface area contributed by atoms with Crippen molar-refractivity contribution in [3.8, 4) is 0 Å². The van der Waals surface area contributed by atoms with Gasteiger partial charge in [0.25, 0.3) is 0 Å². The van der Waals surface area contributed by atoms with Gasteiger partial charge >= 0.3 is 5.97 Å². The van der Waals surface area contributed by atoms with Gasteiger partial charge in [0.1, 0.15) is 12.3 Å². The highest BCUT2D eigenvalue weighted by Gasteiger charge is 2.05. The lowest BCUT2D eigenvalue weighted by atomic mass is 10.2. The zero-order valence-corrected chi connectivity index (χ0v) is 10.2. The Morgan fingerprint density at radius 3 is 2.63 bits per heavy atom. The Hall–Kier alpha value is -2.62. The summed E-state index contributed by atoms with van der Waals surface area (Å²) in [5, 5.41) is 0. The molecule has 0 saturated heterocycles. The second-order valence-corrected chi connectivity index (χ2v) is 3.84. The molecular weight excluding hydrogens is 242 g/mol. The zero-order chi connectivity index (χ0) is 13.5. The molecule has 1 N–H and O–H groups in total. The third-order valence-electron chi connectivity index (χ3n) is 2.41. The lowest BCUT2D eigenvalue weighted by molar-refractivity contribution is 0.0543. The van der Waals surface area contributed by atoms with Crippen molar-refractivity contribution in [3.05, 3.63) is 76.2 Å². The predicted molar refractivity (Wildman–Crippen MR) is 72.8 cm³/mol. The fraction of sp³-hybridized carbons (Fsp3) is 0.0667. The molecule has 2 aromatic rings. The van der Waals surface area contributed by atoms with Crippen molar-refractivity contribution in [3.63, 3.8) is 0 Å². The Morgan fingerprint density at radius 1 is 1.11 bits per heavy atom. The van der Waals surface area contributed by atoms with E-state index in [1.807, 2.05) is 36.4 Å². The Labute approximate surface area is 110 Å². The van der Waals surface area contributed by atoms with Gasteiger partial charge in [-0.2, -0.15) is 0 Å². The molecule has 0 unspecified atom stereocenters. The first-order valence-corrected chi connectivity index (χ1v) is 5.84. The highest BCUT2D eigenvalue weighted by Crippen LogP contribution is 2.01. The number of hydrogen-bond donors (Lipinski definition) is 1. The summed E-state index contributed by atoms with van der Waals surface area (Å²) in [6.07, 6.45) is 3.61. The van der Waals surface area contributed by atoms with Crippen LogP contribution in [0, 0.1) is 0 Å². The molecule has 0 amide bonds. The van der Waals surface area contributed by atoms with E-state index < -0.39 is 5.97 Å². The van der Waals surface area contributed by atoms with Crippen LogP contribution >= 0.6 is 0 Å². The van der Waals surface area contributed by atoms with Crippen molar-refractivity contribution in [2.24, 2.45) is 0 Å². The summed E-state index contributed by atoms with van der Waals surface area (Å²) in [5.74, 6) is -0.546. The normalized spacial score (nSPS) is 10.5. The molecule has 0 bridgehead atoms. The van der Waals surface area contributed by atoms with Gasteiger partial charge in [-0.1, -0.05) is 42.5 Å². The van der Waals surface area contributed by atoms with E-state index in [-0.39, 0.29) is 17.9 Å². The Balaban J connectivity index is 1.88. The molecule has 1 aromatic heterocycles. The first kappa shape index (κ1) is 12.8. The minimum absolute atomic E-state index is 0.153. The minimum atomic E-state index is -0.546. The number of hydrogen-bond acceptors (Lipinski definition) is 3. The molecule has 0 aliphatic heterocycles. The lowest BCUT2D eigenvalue weighted by Crippen LogP contribution is -2.13. The minimum Gasteiger partial charge on any atom is -0.457 e. The van der Waals surface area contributed by atoms with Crippen LogP contribution in [0.5, 0.6) is 0 Å². The molecule has 0 aliphatic rings. The molecule has 19 heavy (non-hydrogen) atoms. The number of benzene rings is 1. The van der Waals surface area contributed by atoms with Gasteiger partial charge in [-0.3, -0.25) is 4.79 Å². The number of aromatic amines is 1. The number of aromatic nitrogens is 1. The van der Waals surface area contributed by atoms with Crippen molar-refractivity contribution in [2.75, 3.05) is 6.61 Å². The summed E-state index contributed by atoms with van der Waals surface area (Å²) >= 11 is 0. The van der Waals surface area contributed by atoms with Crippen molar-refractivity contribution in [2.45, 2.75) is 0 Å². The van der Waals surface area contributed by atoms with E-state index >= 15 is 0 Å². The summed E-state index contributed by atoms with van der Waals surface area (Å²) in [6.45, 7) is 0.157. The van der Waals surface area contributed by atoms with E-state index in [1.54, 1.807) is 6.08 Å². The van der Waals surface area contributed by atoms with Gasteiger partial charge in [-0.15, -0.1) is 0 Å². The third-order valence-corrected chi connectivity index (χ3v) is 2.41. The first-order chi connectivity index (χ1) is 9.25. The lowest BCUT2D eigenvalue weighted by Gasteiger charge is -2.00. The molecule has 0 fully saturated rings. The largest absolute Gasteiger partial charge is 0.457 e. The molecule has 0 spiro atoms. The van der Waals surface area contributed by atoms with Crippen LogP contribution in [-0.2, 0) is 4.74 Å². The van der Waals surface area contributed by atoms with Crippen LogP contribution in [0.2, 0.25) is 0 Å². The van der Waals surface area contributed by atoms with Crippen LogP contribution in [0.3, 0.4) is 0 Å². The quantitative estimate of drug-likeness (QED) is 0.852. The number of nitrogens with one attached hydrogen (secondary N) is 1. The maximum Gasteiger partial charge on any atom is 0.355 e. The van der Waals surface area contributed by atoms with Crippen LogP contribution in [0.4, 0.5) is 0 Å². The smallest absolute Gasteiger partial charge is 0.355 e. The summed E-state index contributed by atoms with van der Waals surface area (Å²) in [4.78, 5) is 25.0. The van der Waals surface area contributed by atoms with E-state index in [4.69, 9.17) is 4.74 Å². The van der Waals surface area contributed by atoms with Crippen LogP contribution < -0.4 is 5.56 Å². The van der Waals surface area contributed by atoms with Gasteiger partial charge in [0.2, 0.25) is 5.56 Å². The average molecular weight is 255 g/mol. The van der Waals surface area contributed by atoms with Gasteiger partial charge in [0.15, 0.2) is 0 Å². The van der Waals surface area contributed by atoms with E-state index in [1.165, 1.54) is 18.2 Å².